The second-order valence-corrected chi connectivity index (χ2v) is 6.83. The number of thiophene rings is 1. The zero-order chi connectivity index (χ0) is 13.6. The van der Waals surface area contributed by atoms with Gasteiger partial charge in [0.25, 0.3) is 5.56 Å². The monoisotopic (exact) mass is 277 g/mol. The third-order valence-electron chi connectivity index (χ3n) is 4.02. The van der Waals surface area contributed by atoms with Crippen molar-refractivity contribution in [2.75, 3.05) is 0 Å². The predicted molar refractivity (Wildman–Crippen MR) is 78.7 cm³/mol. The fourth-order valence-electron chi connectivity index (χ4n) is 2.69. The number of hydrogen-bond acceptors (Lipinski definition) is 4. The molecule has 2 N–H and O–H groups in total. The van der Waals surface area contributed by atoms with Gasteiger partial charge >= 0.3 is 0 Å². The van der Waals surface area contributed by atoms with Crippen LogP contribution in [0.4, 0.5) is 0 Å². The van der Waals surface area contributed by atoms with E-state index in [1.165, 1.54) is 17.7 Å². The van der Waals surface area contributed by atoms with E-state index in [-0.39, 0.29) is 5.56 Å². The average Bonchev–Trinajstić information content (AvgIpc) is 2.59. The van der Waals surface area contributed by atoms with E-state index in [1.807, 2.05) is 13.8 Å². The SMILES string of the molecule is Cc1sc2nc(CNC3CC(C)C3)[nH]c(=O)c2c1C. The van der Waals surface area contributed by atoms with Crippen molar-refractivity contribution in [3.8, 4) is 0 Å². The molecule has 0 atom stereocenters. The van der Waals surface area contributed by atoms with Crippen LogP contribution in [0.3, 0.4) is 0 Å². The molecule has 0 bridgehead atoms. The van der Waals surface area contributed by atoms with Crippen LogP contribution in [0.5, 0.6) is 0 Å². The summed E-state index contributed by atoms with van der Waals surface area (Å²) in [5.74, 6) is 1.58. The smallest absolute Gasteiger partial charge is 0.259 e. The summed E-state index contributed by atoms with van der Waals surface area (Å²) in [6.45, 7) is 6.94. The molecular weight excluding hydrogens is 258 g/mol. The first kappa shape index (κ1) is 12.8. The van der Waals surface area contributed by atoms with Crippen molar-refractivity contribution in [2.45, 2.75) is 46.2 Å². The second-order valence-electron chi connectivity index (χ2n) is 5.63. The summed E-state index contributed by atoms with van der Waals surface area (Å²) in [4.78, 5) is 21.6. The Morgan fingerprint density at radius 3 is 2.84 bits per heavy atom. The molecule has 102 valence electrons. The number of aromatic nitrogens is 2. The van der Waals surface area contributed by atoms with E-state index in [0.29, 0.717) is 12.6 Å². The summed E-state index contributed by atoms with van der Waals surface area (Å²) in [5.41, 5.74) is 1.05. The zero-order valence-corrected chi connectivity index (χ0v) is 12.4. The van der Waals surface area contributed by atoms with E-state index in [0.717, 1.165) is 27.5 Å². The Labute approximate surface area is 116 Å². The van der Waals surface area contributed by atoms with Crippen LogP contribution in [0.2, 0.25) is 0 Å². The van der Waals surface area contributed by atoms with Crippen LogP contribution in [0.1, 0.15) is 36.0 Å². The highest BCUT2D eigenvalue weighted by atomic mass is 32.1. The first-order valence-electron chi connectivity index (χ1n) is 6.77. The molecular formula is C14H19N3OS. The molecule has 1 saturated carbocycles. The van der Waals surface area contributed by atoms with Gasteiger partial charge in [-0.3, -0.25) is 4.79 Å². The molecule has 0 aromatic carbocycles. The van der Waals surface area contributed by atoms with Gasteiger partial charge in [-0.1, -0.05) is 6.92 Å². The summed E-state index contributed by atoms with van der Waals surface area (Å²) in [7, 11) is 0. The summed E-state index contributed by atoms with van der Waals surface area (Å²) >= 11 is 1.60. The second kappa shape index (κ2) is 4.72. The Balaban J connectivity index is 1.83. The fraction of sp³-hybridized carbons (Fsp3) is 0.571. The highest BCUT2D eigenvalue weighted by Crippen LogP contribution is 2.27. The quantitative estimate of drug-likeness (QED) is 0.906. The first-order valence-corrected chi connectivity index (χ1v) is 7.58. The number of aryl methyl sites for hydroxylation is 2. The van der Waals surface area contributed by atoms with Crippen LogP contribution in [0.15, 0.2) is 4.79 Å². The lowest BCUT2D eigenvalue weighted by atomic mass is 9.82. The van der Waals surface area contributed by atoms with Crippen LogP contribution < -0.4 is 10.9 Å². The fourth-order valence-corrected chi connectivity index (χ4v) is 3.74. The third kappa shape index (κ3) is 2.32. The number of fused-ring (bicyclic) bond motifs is 1. The normalized spacial score (nSPS) is 22.7. The summed E-state index contributed by atoms with van der Waals surface area (Å²) < 4.78 is 0. The number of rotatable bonds is 3. The van der Waals surface area contributed by atoms with Gasteiger partial charge in [0, 0.05) is 10.9 Å². The standard InChI is InChI=1S/C14H19N3OS/c1-7-4-10(5-7)15-6-11-16-13(18)12-8(2)9(3)19-14(12)17-11/h7,10,15H,4-6H2,1-3H3,(H,16,17,18). The number of nitrogens with one attached hydrogen (secondary N) is 2. The Kier molecular flexibility index (Phi) is 3.19. The molecule has 5 heteroatoms. The van der Waals surface area contributed by atoms with Gasteiger partial charge < -0.3 is 10.3 Å². The molecule has 0 aliphatic heterocycles. The van der Waals surface area contributed by atoms with Crippen LogP contribution in [-0.4, -0.2) is 16.0 Å². The minimum atomic E-state index is -0.00868. The summed E-state index contributed by atoms with van der Waals surface area (Å²) in [6.07, 6.45) is 2.45. The van der Waals surface area contributed by atoms with Crippen molar-refractivity contribution >= 4 is 21.6 Å². The molecule has 1 aliphatic rings. The maximum absolute atomic E-state index is 12.1. The molecule has 0 unspecified atom stereocenters. The molecule has 3 rings (SSSR count). The molecule has 2 aromatic rings. The Bertz CT molecular complexity index is 667. The van der Waals surface area contributed by atoms with Gasteiger partial charge in [0.1, 0.15) is 10.7 Å². The van der Waals surface area contributed by atoms with E-state index in [4.69, 9.17) is 0 Å². The van der Waals surface area contributed by atoms with Crippen molar-refractivity contribution in [3.05, 3.63) is 26.6 Å². The van der Waals surface area contributed by atoms with Crippen LogP contribution >= 0.6 is 11.3 Å². The largest absolute Gasteiger partial charge is 0.309 e. The zero-order valence-electron chi connectivity index (χ0n) is 11.5. The summed E-state index contributed by atoms with van der Waals surface area (Å²) in [6, 6.07) is 0.586. The number of aromatic amines is 1. The molecule has 0 saturated heterocycles. The van der Waals surface area contributed by atoms with Gasteiger partial charge in [-0.15, -0.1) is 11.3 Å². The van der Waals surface area contributed by atoms with E-state index in [1.54, 1.807) is 11.3 Å². The molecule has 1 aliphatic carbocycles. The first-order chi connectivity index (χ1) is 9.04. The predicted octanol–water partition coefficient (Wildman–Crippen LogP) is 2.49. The molecule has 2 heterocycles. The number of hydrogen-bond donors (Lipinski definition) is 2. The highest BCUT2D eigenvalue weighted by Gasteiger charge is 2.24. The molecule has 2 aromatic heterocycles. The Morgan fingerprint density at radius 2 is 2.16 bits per heavy atom. The molecule has 0 amide bonds. The number of nitrogens with zero attached hydrogens (tertiary/aromatic N) is 1. The van der Waals surface area contributed by atoms with E-state index in [9.17, 15) is 4.79 Å². The Morgan fingerprint density at radius 1 is 1.42 bits per heavy atom. The lowest BCUT2D eigenvalue weighted by molar-refractivity contribution is 0.239. The van der Waals surface area contributed by atoms with E-state index in [2.05, 4.69) is 22.2 Å². The highest BCUT2D eigenvalue weighted by molar-refractivity contribution is 7.18. The van der Waals surface area contributed by atoms with E-state index < -0.39 is 0 Å². The van der Waals surface area contributed by atoms with Gasteiger partial charge in [-0.25, -0.2) is 4.98 Å². The van der Waals surface area contributed by atoms with Gasteiger partial charge in [0.05, 0.1) is 11.9 Å². The van der Waals surface area contributed by atoms with Crippen molar-refractivity contribution < 1.29 is 0 Å². The maximum atomic E-state index is 12.1. The molecule has 0 spiro atoms. The lowest BCUT2D eigenvalue weighted by Gasteiger charge is -2.33. The third-order valence-corrected chi connectivity index (χ3v) is 5.12. The number of H-pyrrole nitrogens is 1. The summed E-state index contributed by atoms with van der Waals surface area (Å²) in [5, 5.41) is 4.20. The van der Waals surface area contributed by atoms with Gasteiger partial charge in [0.2, 0.25) is 0 Å². The molecule has 0 radical (unpaired) electrons. The Hall–Kier alpha value is -1.20. The minimum Gasteiger partial charge on any atom is -0.309 e. The van der Waals surface area contributed by atoms with Gasteiger partial charge in [-0.05, 0) is 38.2 Å². The molecule has 4 nitrogen and oxygen atoms in total. The van der Waals surface area contributed by atoms with E-state index >= 15 is 0 Å². The van der Waals surface area contributed by atoms with Crippen molar-refractivity contribution in [1.29, 1.82) is 0 Å². The average molecular weight is 277 g/mol. The van der Waals surface area contributed by atoms with Crippen molar-refractivity contribution in [3.63, 3.8) is 0 Å². The van der Waals surface area contributed by atoms with Gasteiger partial charge in [-0.2, -0.15) is 0 Å². The maximum Gasteiger partial charge on any atom is 0.259 e. The van der Waals surface area contributed by atoms with Crippen LogP contribution in [0, 0.1) is 19.8 Å². The molecule has 1 fully saturated rings. The minimum absolute atomic E-state index is 0.00868. The van der Waals surface area contributed by atoms with Crippen LogP contribution in [0.25, 0.3) is 10.2 Å². The van der Waals surface area contributed by atoms with Crippen LogP contribution in [-0.2, 0) is 6.54 Å². The van der Waals surface area contributed by atoms with Crippen molar-refractivity contribution in [1.82, 2.24) is 15.3 Å². The van der Waals surface area contributed by atoms with Gasteiger partial charge in [0.15, 0.2) is 0 Å². The lowest BCUT2D eigenvalue weighted by Crippen LogP contribution is -2.40. The van der Waals surface area contributed by atoms with Crippen molar-refractivity contribution in [2.24, 2.45) is 5.92 Å². The molecule has 19 heavy (non-hydrogen) atoms. The topological polar surface area (TPSA) is 57.8 Å².